The molecule has 0 saturated carbocycles. The number of carbonyl (C=O) groups excluding carboxylic acids is 1. The van der Waals surface area contributed by atoms with Crippen LogP contribution in [0.3, 0.4) is 0 Å². The molecule has 1 aliphatic rings. The Balaban J connectivity index is 1.89. The van der Waals surface area contributed by atoms with Crippen molar-refractivity contribution >= 4 is 16.8 Å². The third kappa shape index (κ3) is 3.08. The summed E-state index contributed by atoms with van der Waals surface area (Å²) in [4.78, 5) is 13.6. The van der Waals surface area contributed by atoms with E-state index in [2.05, 4.69) is 27.8 Å². The summed E-state index contributed by atoms with van der Waals surface area (Å²) in [5.74, 6) is 0.288. The van der Waals surface area contributed by atoms with Crippen molar-refractivity contribution in [3.8, 4) is 0 Å². The van der Waals surface area contributed by atoms with Crippen molar-refractivity contribution in [2.24, 2.45) is 11.7 Å². The number of nitrogens with two attached hydrogens (primary N) is 1. The van der Waals surface area contributed by atoms with Gasteiger partial charge in [0.1, 0.15) is 0 Å². The maximum atomic E-state index is 11.2. The number of piperidine rings is 1. The van der Waals surface area contributed by atoms with Crippen molar-refractivity contribution in [2.45, 2.75) is 25.8 Å². The Bertz CT molecular complexity index is 649. The number of hydrogen-bond acceptors (Lipinski definition) is 3. The molecule has 1 aliphatic heterocycles. The van der Waals surface area contributed by atoms with E-state index >= 15 is 0 Å². The molecule has 5 heteroatoms. The van der Waals surface area contributed by atoms with Crippen molar-refractivity contribution < 1.29 is 4.79 Å². The Hall–Kier alpha value is -1.88. The van der Waals surface area contributed by atoms with Crippen LogP contribution in [-0.4, -0.2) is 40.7 Å². The van der Waals surface area contributed by atoms with Gasteiger partial charge in [0.25, 0.3) is 0 Å². The molecule has 2 aromatic rings. The van der Waals surface area contributed by atoms with Crippen LogP contribution >= 0.6 is 0 Å². The highest BCUT2D eigenvalue weighted by Gasteiger charge is 2.20. The average Bonchev–Trinajstić information content (AvgIpc) is 2.77. The van der Waals surface area contributed by atoms with Crippen LogP contribution in [0.15, 0.2) is 24.3 Å². The molecule has 1 atom stereocenters. The second-order valence-electron chi connectivity index (χ2n) is 6.06. The molecule has 1 aromatic carbocycles. The summed E-state index contributed by atoms with van der Waals surface area (Å²) < 4.78 is 2.05. The van der Waals surface area contributed by atoms with E-state index in [9.17, 15) is 4.79 Å². The molecule has 1 fully saturated rings. The number of nitrogens with zero attached hydrogens (tertiary/aromatic N) is 3. The molecule has 5 nitrogen and oxygen atoms in total. The van der Waals surface area contributed by atoms with Gasteiger partial charge in [-0.2, -0.15) is 5.10 Å². The minimum Gasteiger partial charge on any atom is -0.369 e. The fourth-order valence-corrected chi connectivity index (χ4v) is 3.30. The van der Waals surface area contributed by atoms with E-state index in [0.29, 0.717) is 5.92 Å². The molecule has 0 aliphatic carbocycles. The second-order valence-corrected chi connectivity index (χ2v) is 6.06. The Morgan fingerprint density at radius 3 is 3.00 bits per heavy atom. The third-order valence-electron chi connectivity index (χ3n) is 4.23. The highest BCUT2D eigenvalue weighted by Crippen LogP contribution is 2.23. The number of amides is 1. The third-order valence-corrected chi connectivity index (χ3v) is 4.23. The van der Waals surface area contributed by atoms with Gasteiger partial charge in [-0.15, -0.1) is 0 Å². The lowest BCUT2D eigenvalue weighted by molar-refractivity contribution is -0.117. The van der Waals surface area contributed by atoms with Crippen LogP contribution in [0.1, 0.15) is 18.5 Å². The van der Waals surface area contributed by atoms with Crippen molar-refractivity contribution in [1.82, 2.24) is 14.7 Å². The molecule has 112 valence electrons. The van der Waals surface area contributed by atoms with Crippen LogP contribution in [0.25, 0.3) is 10.9 Å². The molecule has 3 rings (SSSR count). The van der Waals surface area contributed by atoms with Crippen LogP contribution in [-0.2, 0) is 17.8 Å². The number of fused-ring (bicyclic) bond motifs is 1. The maximum absolute atomic E-state index is 11.2. The molecule has 1 saturated heterocycles. The summed E-state index contributed by atoms with van der Waals surface area (Å²) in [7, 11) is 2.17. The Labute approximate surface area is 124 Å². The van der Waals surface area contributed by atoms with Gasteiger partial charge in [-0.3, -0.25) is 9.48 Å². The molecular formula is C16H22N4O. The monoisotopic (exact) mass is 286 g/mol. The number of likely N-dealkylation sites (tertiary alicyclic amines) is 1. The van der Waals surface area contributed by atoms with Gasteiger partial charge in [-0.1, -0.05) is 18.2 Å². The Morgan fingerprint density at radius 1 is 1.43 bits per heavy atom. The second kappa shape index (κ2) is 5.85. The van der Waals surface area contributed by atoms with Crippen LogP contribution in [0.4, 0.5) is 0 Å². The number of benzene rings is 1. The zero-order valence-corrected chi connectivity index (χ0v) is 12.5. The molecular weight excluding hydrogens is 264 g/mol. The highest BCUT2D eigenvalue weighted by atomic mass is 16.1. The van der Waals surface area contributed by atoms with Crippen LogP contribution < -0.4 is 5.73 Å². The zero-order valence-electron chi connectivity index (χ0n) is 12.5. The van der Waals surface area contributed by atoms with Crippen LogP contribution in [0.2, 0.25) is 0 Å². The van der Waals surface area contributed by atoms with E-state index in [1.165, 1.54) is 19.4 Å². The minimum atomic E-state index is -0.331. The van der Waals surface area contributed by atoms with Gasteiger partial charge in [0, 0.05) is 18.5 Å². The number of rotatable bonds is 4. The topological polar surface area (TPSA) is 64.2 Å². The average molecular weight is 286 g/mol. The summed E-state index contributed by atoms with van der Waals surface area (Å²) in [6.45, 7) is 3.20. The lowest BCUT2D eigenvalue weighted by Gasteiger charge is -2.29. The predicted molar refractivity (Wildman–Crippen MR) is 82.9 cm³/mol. The lowest BCUT2D eigenvalue weighted by atomic mass is 9.98. The predicted octanol–water partition coefficient (Wildman–Crippen LogP) is 1.41. The van der Waals surface area contributed by atoms with Crippen LogP contribution in [0.5, 0.6) is 0 Å². The van der Waals surface area contributed by atoms with Gasteiger partial charge in [0.2, 0.25) is 5.91 Å². The lowest BCUT2D eigenvalue weighted by Crippen LogP contribution is -2.34. The van der Waals surface area contributed by atoms with Gasteiger partial charge in [-0.05, 0) is 38.4 Å². The van der Waals surface area contributed by atoms with E-state index in [4.69, 9.17) is 5.73 Å². The molecule has 2 heterocycles. The smallest absolute Gasteiger partial charge is 0.223 e. The molecule has 0 unspecified atom stereocenters. The molecule has 0 spiro atoms. The van der Waals surface area contributed by atoms with E-state index in [1.807, 2.05) is 18.2 Å². The first-order valence-electron chi connectivity index (χ1n) is 7.55. The summed E-state index contributed by atoms with van der Waals surface area (Å²) in [5.41, 5.74) is 7.23. The first kappa shape index (κ1) is 14.1. The largest absolute Gasteiger partial charge is 0.369 e. The van der Waals surface area contributed by atoms with Gasteiger partial charge in [-0.25, -0.2) is 0 Å². The number of aromatic nitrogens is 2. The number of carbonyl (C=O) groups is 1. The normalized spacial score (nSPS) is 20.0. The fourth-order valence-electron chi connectivity index (χ4n) is 3.30. The number of primary amides is 1. The van der Waals surface area contributed by atoms with Crippen molar-refractivity contribution in [1.29, 1.82) is 0 Å². The quantitative estimate of drug-likeness (QED) is 0.924. The van der Waals surface area contributed by atoms with Crippen molar-refractivity contribution in [3.05, 3.63) is 30.0 Å². The highest BCUT2D eigenvalue weighted by molar-refractivity contribution is 5.87. The van der Waals surface area contributed by atoms with Gasteiger partial charge >= 0.3 is 0 Å². The summed E-state index contributed by atoms with van der Waals surface area (Å²) in [5, 5.41) is 5.69. The van der Waals surface area contributed by atoms with Crippen LogP contribution in [0, 0.1) is 5.92 Å². The number of hydrogen-bond donors (Lipinski definition) is 1. The van der Waals surface area contributed by atoms with Gasteiger partial charge in [0.05, 0.1) is 17.6 Å². The first-order valence-corrected chi connectivity index (χ1v) is 7.55. The first-order chi connectivity index (χ1) is 10.1. The number of para-hydroxylation sites is 1. The Morgan fingerprint density at radius 2 is 2.24 bits per heavy atom. The molecule has 1 aromatic heterocycles. The van der Waals surface area contributed by atoms with E-state index in [0.717, 1.165) is 29.7 Å². The maximum Gasteiger partial charge on any atom is 0.223 e. The van der Waals surface area contributed by atoms with E-state index < -0.39 is 0 Å². The SMILES string of the molecule is CN1CCC[C@@H](Cn2nc(CC(N)=O)c3ccccc32)C1. The Kier molecular flexibility index (Phi) is 3.92. The molecule has 0 bridgehead atoms. The summed E-state index contributed by atoms with van der Waals surface area (Å²) in [6, 6.07) is 8.08. The van der Waals surface area contributed by atoms with E-state index in [1.54, 1.807) is 0 Å². The zero-order chi connectivity index (χ0) is 14.8. The van der Waals surface area contributed by atoms with Gasteiger partial charge < -0.3 is 10.6 Å². The molecule has 0 radical (unpaired) electrons. The van der Waals surface area contributed by atoms with Crippen molar-refractivity contribution in [2.75, 3.05) is 20.1 Å². The fraction of sp³-hybridized carbons (Fsp3) is 0.500. The van der Waals surface area contributed by atoms with Crippen molar-refractivity contribution in [3.63, 3.8) is 0 Å². The standard InChI is InChI=1S/C16H22N4O/c1-19-8-4-5-12(10-19)11-20-15-7-3-2-6-13(15)14(18-20)9-16(17)21/h2-3,6-7,12H,4-5,8-11H2,1H3,(H2,17,21)/t12-/m1/s1. The molecule has 1 amide bonds. The summed E-state index contributed by atoms with van der Waals surface area (Å²) in [6.07, 6.45) is 2.69. The summed E-state index contributed by atoms with van der Waals surface area (Å²) >= 11 is 0. The molecule has 2 N–H and O–H groups in total. The minimum absolute atomic E-state index is 0.206. The van der Waals surface area contributed by atoms with E-state index in [-0.39, 0.29) is 12.3 Å². The van der Waals surface area contributed by atoms with Gasteiger partial charge in [0.15, 0.2) is 0 Å². The molecule has 21 heavy (non-hydrogen) atoms.